The minimum atomic E-state index is -0.146. The van der Waals surface area contributed by atoms with Crippen molar-refractivity contribution in [2.24, 2.45) is 5.92 Å². The van der Waals surface area contributed by atoms with E-state index in [2.05, 4.69) is 18.4 Å². The highest BCUT2D eigenvalue weighted by atomic mass is 32.1. The zero-order valence-corrected chi connectivity index (χ0v) is 18.7. The van der Waals surface area contributed by atoms with Crippen molar-refractivity contribution in [2.45, 2.75) is 40.3 Å². The number of aryl methyl sites for hydroxylation is 1. The maximum atomic E-state index is 13.3. The predicted molar refractivity (Wildman–Crippen MR) is 118 cm³/mol. The van der Waals surface area contributed by atoms with Crippen LogP contribution in [0.5, 0.6) is 0 Å². The molecule has 158 valence electrons. The van der Waals surface area contributed by atoms with Crippen LogP contribution in [0, 0.1) is 12.8 Å². The molecule has 1 heterocycles. The number of carbonyl (C=O) groups excluding carboxylic acids is 2. The minimum Gasteiger partial charge on any atom is -0.385 e. The Morgan fingerprint density at radius 2 is 1.79 bits per heavy atom. The van der Waals surface area contributed by atoms with Gasteiger partial charge in [0.15, 0.2) is 0 Å². The summed E-state index contributed by atoms with van der Waals surface area (Å²) in [5.41, 5.74) is 2.27. The number of hydrogen-bond donors (Lipinski definition) is 0. The molecule has 0 spiro atoms. The average Bonchev–Trinajstić information content (AvgIpc) is 3.11. The minimum absolute atomic E-state index is 0.00131. The van der Waals surface area contributed by atoms with Crippen molar-refractivity contribution in [3.8, 4) is 0 Å². The molecule has 1 aromatic carbocycles. The van der Waals surface area contributed by atoms with Gasteiger partial charge in [0.25, 0.3) is 0 Å². The van der Waals surface area contributed by atoms with Gasteiger partial charge in [0, 0.05) is 37.6 Å². The molecule has 0 saturated carbocycles. The zero-order valence-electron chi connectivity index (χ0n) is 17.9. The van der Waals surface area contributed by atoms with Gasteiger partial charge >= 0.3 is 0 Å². The Labute approximate surface area is 178 Å². The van der Waals surface area contributed by atoms with Crippen molar-refractivity contribution in [1.82, 2.24) is 9.80 Å². The highest BCUT2D eigenvalue weighted by Crippen LogP contribution is 2.20. The van der Waals surface area contributed by atoms with E-state index in [1.807, 2.05) is 49.1 Å². The third-order valence-corrected chi connectivity index (χ3v) is 5.79. The van der Waals surface area contributed by atoms with Crippen LogP contribution in [0.1, 0.15) is 36.3 Å². The van der Waals surface area contributed by atoms with Crippen LogP contribution < -0.4 is 0 Å². The Morgan fingerprint density at radius 1 is 1.07 bits per heavy atom. The lowest BCUT2D eigenvalue weighted by molar-refractivity contribution is -0.143. The molecule has 0 atom stereocenters. The average molecular weight is 417 g/mol. The summed E-state index contributed by atoms with van der Waals surface area (Å²) in [7, 11) is 1.64. The van der Waals surface area contributed by atoms with Crippen LogP contribution in [0.3, 0.4) is 0 Å². The number of nitrogens with zero attached hydrogens (tertiary/aromatic N) is 2. The maximum Gasteiger partial charge on any atom is 0.242 e. The first kappa shape index (κ1) is 23.1. The molecule has 0 saturated heterocycles. The van der Waals surface area contributed by atoms with Gasteiger partial charge in [-0.3, -0.25) is 9.59 Å². The van der Waals surface area contributed by atoms with E-state index >= 15 is 0 Å². The van der Waals surface area contributed by atoms with Crippen molar-refractivity contribution in [2.75, 3.05) is 26.8 Å². The molecule has 0 radical (unpaired) electrons. The lowest BCUT2D eigenvalue weighted by Gasteiger charge is -2.29. The molecule has 2 rings (SSSR count). The molecule has 2 aromatic rings. The van der Waals surface area contributed by atoms with Gasteiger partial charge in [-0.05, 0) is 35.9 Å². The lowest BCUT2D eigenvalue weighted by Crippen LogP contribution is -2.44. The Hall–Kier alpha value is -2.18. The first-order valence-electron chi connectivity index (χ1n) is 10.0. The van der Waals surface area contributed by atoms with Crippen LogP contribution in [-0.4, -0.2) is 48.4 Å². The summed E-state index contributed by atoms with van der Waals surface area (Å²) in [6, 6.07) is 12.1. The maximum absolute atomic E-state index is 13.3. The van der Waals surface area contributed by atoms with Gasteiger partial charge in [-0.25, -0.2) is 0 Å². The van der Waals surface area contributed by atoms with Crippen LogP contribution in [0.4, 0.5) is 0 Å². The third-order valence-electron chi connectivity index (χ3n) is 4.78. The van der Waals surface area contributed by atoms with Gasteiger partial charge in [-0.2, -0.15) is 0 Å². The molecule has 2 amide bonds. The van der Waals surface area contributed by atoms with E-state index in [0.29, 0.717) is 32.7 Å². The van der Waals surface area contributed by atoms with Crippen molar-refractivity contribution in [3.63, 3.8) is 0 Å². The van der Waals surface area contributed by atoms with Crippen LogP contribution in [-0.2, 0) is 27.4 Å². The van der Waals surface area contributed by atoms with Crippen molar-refractivity contribution in [3.05, 3.63) is 57.8 Å². The molecule has 29 heavy (non-hydrogen) atoms. The summed E-state index contributed by atoms with van der Waals surface area (Å²) in [5.74, 6) is -0.179. The summed E-state index contributed by atoms with van der Waals surface area (Å²) >= 11 is 1.66. The Balaban J connectivity index is 2.16. The summed E-state index contributed by atoms with van der Waals surface area (Å²) in [4.78, 5) is 30.6. The standard InChI is InChI=1S/C23H32N2O3S/c1-18(2)23(27)24(12-8-13-28-4)17-22(26)25(15-20-9-6-5-7-10-20)16-21-19(3)11-14-29-21/h5-7,9-11,14,18H,8,12-13,15-17H2,1-4H3. The fourth-order valence-corrected chi connectivity index (χ4v) is 3.99. The predicted octanol–water partition coefficient (Wildman–Crippen LogP) is 4.11. The van der Waals surface area contributed by atoms with Gasteiger partial charge < -0.3 is 14.5 Å². The summed E-state index contributed by atoms with van der Waals surface area (Å²) in [6.07, 6.45) is 0.713. The summed E-state index contributed by atoms with van der Waals surface area (Å²) < 4.78 is 5.12. The number of carbonyl (C=O) groups is 2. The second kappa shape index (κ2) is 11.7. The lowest BCUT2D eigenvalue weighted by atomic mass is 10.1. The molecule has 0 N–H and O–H groups in total. The monoisotopic (exact) mass is 416 g/mol. The van der Waals surface area contributed by atoms with Gasteiger partial charge in [0.2, 0.25) is 11.8 Å². The van der Waals surface area contributed by atoms with E-state index in [4.69, 9.17) is 4.74 Å². The van der Waals surface area contributed by atoms with E-state index in [0.717, 1.165) is 5.56 Å². The fourth-order valence-electron chi connectivity index (χ4n) is 3.07. The first-order valence-corrected chi connectivity index (χ1v) is 10.9. The van der Waals surface area contributed by atoms with Gasteiger partial charge in [0.05, 0.1) is 13.1 Å². The smallest absolute Gasteiger partial charge is 0.242 e. The van der Waals surface area contributed by atoms with Crippen LogP contribution in [0.15, 0.2) is 41.8 Å². The fraction of sp³-hybridized carbons (Fsp3) is 0.478. The third kappa shape index (κ3) is 7.29. The van der Waals surface area contributed by atoms with Gasteiger partial charge in [-0.15, -0.1) is 11.3 Å². The molecule has 1 aromatic heterocycles. The van der Waals surface area contributed by atoms with Crippen molar-refractivity contribution < 1.29 is 14.3 Å². The first-order chi connectivity index (χ1) is 13.9. The van der Waals surface area contributed by atoms with E-state index in [1.165, 1.54) is 10.4 Å². The number of ether oxygens (including phenoxy) is 1. The second-order valence-corrected chi connectivity index (χ2v) is 8.52. The normalized spacial score (nSPS) is 10.9. The number of benzene rings is 1. The number of hydrogen-bond acceptors (Lipinski definition) is 4. The number of thiophene rings is 1. The van der Waals surface area contributed by atoms with E-state index in [9.17, 15) is 9.59 Å². The summed E-state index contributed by atoms with van der Waals surface area (Å²) in [5, 5.41) is 2.05. The highest BCUT2D eigenvalue weighted by molar-refractivity contribution is 7.10. The van der Waals surface area contributed by atoms with Gasteiger partial charge in [0.1, 0.15) is 0 Å². The number of amides is 2. The second-order valence-electron chi connectivity index (χ2n) is 7.52. The molecule has 0 aliphatic rings. The molecule has 0 unspecified atom stereocenters. The quantitative estimate of drug-likeness (QED) is 0.518. The van der Waals surface area contributed by atoms with Crippen molar-refractivity contribution in [1.29, 1.82) is 0 Å². The Bertz CT molecular complexity index is 773. The largest absolute Gasteiger partial charge is 0.385 e. The molecule has 5 nitrogen and oxygen atoms in total. The molecule has 6 heteroatoms. The summed E-state index contributed by atoms with van der Waals surface area (Å²) in [6.45, 7) is 8.07. The van der Waals surface area contributed by atoms with E-state index in [-0.39, 0.29) is 24.3 Å². The molecule has 0 aliphatic carbocycles. The van der Waals surface area contributed by atoms with Crippen LogP contribution in [0.2, 0.25) is 0 Å². The molecule has 0 bridgehead atoms. The topological polar surface area (TPSA) is 49.9 Å². The Morgan fingerprint density at radius 3 is 2.38 bits per heavy atom. The SMILES string of the molecule is COCCCN(CC(=O)N(Cc1ccccc1)Cc1sccc1C)C(=O)C(C)C. The number of rotatable bonds is 11. The zero-order chi connectivity index (χ0) is 21.2. The highest BCUT2D eigenvalue weighted by Gasteiger charge is 2.23. The van der Waals surface area contributed by atoms with Gasteiger partial charge in [-0.1, -0.05) is 44.2 Å². The molecule has 0 aliphatic heterocycles. The molecular weight excluding hydrogens is 384 g/mol. The van der Waals surface area contributed by atoms with E-state index < -0.39 is 0 Å². The van der Waals surface area contributed by atoms with Crippen LogP contribution >= 0.6 is 11.3 Å². The molecule has 0 fully saturated rings. The van der Waals surface area contributed by atoms with Crippen molar-refractivity contribution >= 4 is 23.2 Å². The molecular formula is C23H32N2O3S. The van der Waals surface area contributed by atoms with E-state index in [1.54, 1.807) is 23.3 Å². The van der Waals surface area contributed by atoms with Crippen LogP contribution in [0.25, 0.3) is 0 Å². The number of methoxy groups -OCH3 is 1. The Kier molecular flexibility index (Phi) is 9.35.